The Morgan fingerprint density at radius 1 is 1.43 bits per heavy atom. The minimum Gasteiger partial charge on any atom is -0.506 e. The first-order chi connectivity index (χ1) is 6.40. The van der Waals surface area contributed by atoms with Crippen molar-refractivity contribution >= 4 is 15.9 Å². The number of halogens is 1. The molecular weight excluding hydrogens is 242 g/mol. The molecule has 0 radical (unpaired) electrons. The number of nitrogens with zero attached hydrogens (tertiary/aromatic N) is 1. The van der Waals surface area contributed by atoms with E-state index in [1.54, 1.807) is 19.9 Å². The molecule has 1 aromatic rings. The summed E-state index contributed by atoms with van der Waals surface area (Å²) in [6.07, 6.45) is 0. The fourth-order valence-corrected chi connectivity index (χ4v) is 1.84. The third-order valence-electron chi connectivity index (χ3n) is 2.24. The summed E-state index contributed by atoms with van der Waals surface area (Å²) in [6, 6.07) is 5.85. The lowest BCUT2D eigenvalue weighted by Crippen LogP contribution is -2.16. The van der Waals surface area contributed by atoms with Gasteiger partial charge < -0.3 is 5.11 Å². The maximum Gasteiger partial charge on any atom is 0.134 e. The number of phenols is 1. The Kier molecular flexibility index (Phi) is 2.86. The average molecular weight is 254 g/mol. The first-order valence-electron chi connectivity index (χ1n) is 4.30. The number of rotatable bonds is 1. The topological polar surface area (TPSA) is 44.0 Å². The zero-order chi connectivity index (χ0) is 10.9. The number of hydrogen-bond donors (Lipinski definition) is 1. The molecule has 2 nitrogen and oxygen atoms in total. The first kappa shape index (κ1) is 11.1. The molecule has 0 atom stereocenters. The molecule has 0 bridgehead atoms. The van der Waals surface area contributed by atoms with Crippen LogP contribution in [0.5, 0.6) is 5.75 Å². The Hall–Kier alpha value is -1.01. The highest BCUT2D eigenvalue weighted by Crippen LogP contribution is 2.38. The highest BCUT2D eigenvalue weighted by atomic mass is 79.9. The van der Waals surface area contributed by atoms with Crippen molar-refractivity contribution in [3.05, 3.63) is 27.7 Å². The van der Waals surface area contributed by atoms with Crippen LogP contribution in [-0.2, 0) is 5.41 Å². The summed E-state index contributed by atoms with van der Waals surface area (Å²) in [7, 11) is 0. The average Bonchev–Trinajstić information content (AvgIpc) is 2.12. The van der Waals surface area contributed by atoms with Crippen molar-refractivity contribution in [3.8, 4) is 11.8 Å². The summed E-state index contributed by atoms with van der Waals surface area (Å²) >= 11 is 3.24. The molecule has 0 amide bonds. The molecule has 0 aliphatic carbocycles. The van der Waals surface area contributed by atoms with Crippen LogP contribution in [0.2, 0.25) is 0 Å². The van der Waals surface area contributed by atoms with E-state index in [1.807, 2.05) is 13.0 Å². The van der Waals surface area contributed by atoms with Gasteiger partial charge in [0.1, 0.15) is 5.75 Å². The molecule has 3 heteroatoms. The van der Waals surface area contributed by atoms with Crippen LogP contribution < -0.4 is 0 Å². The Labute approximate surface area is 92.3 Å². The standard InChI is InChI=1S/C11H12BrNO/c1-7-4-5-8(12)10(14)9(7)11(2,3)6-13/h4-5,14H,1-3H3. The molecule has 0 aliphatic heterocycles. The van der Waals surface area contributed by atoms with Crippen molar-refractivity contribution in [3.63, 3.8) is 0 Å². The lowest BCUT2D eigenvalue weighted by Gasteiger charge is -2.20. The third kappa shape index (κ3) is 1.76. The molecule has 0 saturated carbocycles. The van der Waals surface area contributed by atoms with Gasteiger partial charge in [0.25, 0.3) is 0 Å². The minimum atomic E-state index is -0.669. The lowest BCUT2D eigenvalue weighted by molar-refractivity contribution is 0.452. The monoisotopic (exact) mass is 253 g/mol. The first-order valence-corrected chi connectivity index (χ1v) is 5.09. The van der Waals surface area contributed by atoms with E-state index in [9.17, 15) is 5.11 Å². The van der Waals surface area contributed by atoms with Gasteiger partial charge in [-0.3, -0.25) is 0 Å². The van der Waals surface area contributed by atoms with E-state index in [1.165, 1.54) is 0 Å². The van der Waals surface area contributed by atoms with Crippen molar-refractivity contribution in [2.24, 2.45) is 0 Å². The number of benzene rings is 1. The van der Waals surface area contributed by atoms with Gasteiger partial charge in [0, 0.05) is 5.56 Å². The van der Waals surface area contributed by atoms with E-state index < -0.39 is 5.41 Å². The smallest absolute Gasteiger partial charge is 0.134 e. The Bertz CT molecular complexity index is 404. The number of hydrogen-bond acceptors (Lipinski definition) is 2. The molecular formula is C11H12BrNO. The Morgan fingerprint density at radius 2 is 2.00 bits per heavy atom. The van der Waals surface area contributed by atoms with Crippen LogP contribution in [0.15, 0.2) is 16.6 Å². The number of aromatic hydroxyl groups is 1. The fraction of sp³-hybridized carbons (Fsp3) is 0.364. The van der Waals surface area contributed by atoms with Crippen molar-refractivity contribution in [1.82, 2.24) is 0 Å². The molecule has 0 fully saturated rings. The largest absolute Gasteiger partial charge is 0.506 e. The number of nitriles is 1. The predicted octanol–water partition coefficient (Wildman–Crippen LogP) is 3.26. The maximum absolute atomic E-state index is 9.85. The quantitative estimate of drug-likeness (QED) is 0.835. The van der Waals surface area contributed by atoms with Gasteiger partial charge in [0.2, 0.25) is 0 Å². The second-order valence-electron chi connectivity index (χ2n) is 3.82. The molecule has 74 valence electrons. The third-order valence-corrected chi connectivity index (χ3v) is 2.88. The Morgan fingerprint density at radius 3 is 2.50 bits per heavy atom. The zero-order valence-corrected chi connectivity index (χ0v) is 10.0. The SMILES string of the molecule is Cc1ccc(Br)c(O)c1C(C)(C)C#N. The maximum atomic E-state index is 9.85. The van der Waals surface area contributed by atoms with Crippen LogP contribution in [0.25, 0.3) is 0 Å². The van der Waals surface area contributed by atoms with Gasteiger partial charge in [0.15, 0.2) is 0 Å². The van der Waals surface area contributed by atoms with Crippen molar-refractivity contribution in [2.75, 3.05) is 0 Å². The van der Waals surface area contributed by atoms with Crippen LogP contribution in [-0.4, -0.2) is 5.11 Å². The molecule has 0 aliphatic rings. The van der Waals surface area contributed by atoms with Crippen LogP contribution in [0.1, 0.15) is 25.0 Å². The van der Waals surface area contributed by atoms with Gasteiger partial charge in [-0.1, -0.05) is 6.07 Å². The second-order valence-corrected chi connectivity index (χ2v) is 4.68. The van der Waals surface area contributed by atoms with E-state index in [0.717, 1.165) is 5.56 Å². The highest BCUT2D eigenvalue weighted by molar-refractivity contribution is 9.10. The van der Waals surface area contributed by atoms with Gasteiger partial charge in [-0.05, 0) is 48.3 Å². The summed E-state index contributed by atoms with van der Waals surface area (Å²) < 4.78 is 0.626. The van der Waals surface area contributed by atoms with Crippen molar-refractivity contribution in [2.45, 2.75) is 26.2 Å². The van der Waals surface area contributed by atoms with Gasteiger partial charge >= 0.3 is 0 Å². The molecule has 0 saturated heterocycles. The summed E-state index contributed by atoms with van der Waals surface area (Å²) in [5.74, 6) is 0.163. The van der Waals surface area contributed by atoms with Gasteiger partial charge in [-0.15, -0.1) is 0 Å². The van der Waals surface area contributed by atoms with E-state index in [0.29, 0.717) is 10.0 Å². The molecule has 0 spiro atoms. The van der Waals surface area contributed by atoms with Gasteiger partial charge in [0.05, 0.1) is 16.0 Å². The number of phenolic OH excluding ortho intramolecular Hbond substituents is 1. The van der Waals surface area contributed by atoms with Crippen LogP contribution in [0.4, 0.5) is 0 Å². The summed E-state index contributed by atoms with van der Waals surface area (Å²) in [5.41, 5.74) is 0.949. The molecule has 0 heterocycles. The van der Waals surface area contributed by atoms with E-state index >= 15 is 0 Å². The fourth-order valence-electron chi connectivity index (χ4n) is 1.51. The van der Waals surface area contributed by atoms with Crippen LogP contribution in [0.3, 0.4) is 0 Å². The molecule has 1 rings (SSSR count). The minimum absolute atomic E-state index is 0.163. The molecule has 0 aromatic heterocycles. The van der Waals surface area contributed by atoms with E-state index in [2.05, 4.69) is 22.0 Å². The number of aryl methyl sites for hydroxylation is 1. The Balaban J connectivity index is 3.49. The van der Waals surface area contributed by atoms with Crippen molar-refractivity contribution in [1.29, 1.82) is 5.26 Å². The van der Waals surface area contributed by atoms with E-state index in [-0.39, 0.29) is 5.75 Å². The molecule has 1 N–H and O–H groups in total. The summed E-state index contributed by atoms with van der Waals surface area (Å²) in [5, 5.41) is 18.9. The second kappa shape index (κ2) is 3.62. The van der Waals surface area contributed by atoms with Gasteiger partial charge in [-0.25, -0.2) is 0 Å². The normalized spacial score (nSPS) is 11.1. The summed E-state index contributed by atoms with van der Waals surface area (Å²) in [6.45, 7) is 5.48. The predicted molar refractivity (Wildman–Crippen MR) is 59.2 cm³/mol. The van der Waals surface area contributed by atoms with Gasteiger partial charge in [-0.2, -0.15) is 5.26 Å². The summed E-state index contributed by atoms with van der Waals surface area (Å²) in [4.78, 5) is 0. The van der Waals surface area contributed by atoms with Crippen molar-refractivity contribution < 1.29 is 5.11 Å². The van der Waals surface area contributed by atoms with Crippen LogP contribution >= 0.6 is 15.9 Å². The van der Waals surface area contributed by atoms with E-state index in [4.69, 9.17) is 5.26 Å². The van der Waals surface area contributed by atoms with Crippen LogP contribution in [0, 0.1) is 18.3 Å². The highest BCUT2D eigenvalue weighted by Gasteiger charge is 2.26. The molecule has 14 heavy (non-hydrogen) atoms. The zero-order valence-electron chi connectivity index (χ0n) is 8.43. The molecule has 1 aromatic carbocycles. The molecule has 0 unspecified atom stereocenters. The lowest BCUT2D eigenvalue weighted by atomic mass is 9.83.